The third kappa shape index (κ3) is 1.59. The van der Waals surface area contributed by atoms with Crippen LogP contribution in [0, 0.1) is 0 Å². The van der Waals surface area contributed by atoms with Crippen molar-refractivity contribution in [2.45, 2.75) is 0 Å². The Morgan fingerprint density at radius 1 is 1.50 bits per heavy atom. The molecule has 0 fully saturated rings. The molecule has 4 heteroatoms. The summed E-state index contributed by atoms with van der Waals surface area (Å²) in [5.41, 5.74) is 0.644. The van der Waals surface area contributed by atoms with Gasteiger partial charge >= 0.3 is 0 Å². The highest BCUT2D eigenvalue weighted by Crippen LogP contribution is 2.08. The molecule has 0 unspecified atom stereocenters. The standard InChI is InChI=1S/C6H7ClN2O/c7-5-9(10)6-1-3-8-4-2-6/h1-4,10H,5H2. The predicted octanol–water partition coefficient (Wildman–Crippen LogP) is 1.47. The highest BCUT2D eigenvalue weighted by Gasteiger charge is 1.96. The number of hydroxylamine groups is 1. The Labute approximate surface area is 63.8 Å². The molecule has 0 spiro atoms. The number of hydrogen-bond acceptors (Lipinski definition) is 3. The molecule has 0 aliphatic rings. The maximum Gasteiger partial charge on any atom is 0.119 e. The first-order valence-corrected chi connectivity index (χ1v) is 3.30. The van der Waals surface area contributed by atoms with E-state index in [-0.39, 0.29) is 6.00 Å². The van der Waals surface area contributed by atoms with Gasteiger partial charge in [0.2, 0.25) is 0 Å². The Morgan fingerprint density at radius 3 is 2.60 bits per heavy atom. The van der Waals surface area contributed by atoms with Crippen LogP contribution in [0.3, 0.4) is 0 Å². The van der Waals surface area contributed by atoms with Gasteiger partial charge in [-0.05, 0) is 12.1 Å². The van der Waals surface area contributed by atoms with Crippen LogP contribution in [0.15, 0.2) is 24.5 Å². The average Bonchev–Trinajstić information content (AvgIpc) is 2.05. The summed E-state index contributed by atoms with van der Waals surface area (Å²) in [4.78, 5) is 3.78. The van der Waals surface area contributed by atoms with Crippen molar-refractivity contribution < 1.29 is 5.21 Å². The molecule has 0 aliphatic heterocycles. The first kappa shape index (κ1) is 7.31. The molecule has 0 aromatic carbocycles. The summed E-state index contributed by atoms with van der Waals surface area (Å²) in [6.07, 6.45) is 3.18. The monoisotopic (exact) mass is 158 g/mol. The molecule has 1 aromatic rings. The minimum absolute atomic E-state index is 0.0595. The average molecular weight is 159 g/mol. The van der Waals surface area contributed by atoms with E-state index >= 15 is 0 Å². The molecule has 0 radical (unpaired) electrons. The fourth-order valence-electron chi connectivity index (χ4n) is 0.585. The van der Waals surface area contributed by atoms with Crippen LogP contribution in [0.5, 0.6) is 0 Å². The zero-order valence-electron chi connectivity index (χ0n) is 5.24. The van der Waals surface area contributed by atoms with E-state index in [4.69, 9.17) is 16.8 Å². The Balaban J connectivity index is 2.75. The zero-order chi connectivity index (χ0) is 7.40. The molecule has 0 saturated carbocycles. The molecule has 0 atom stereocenters. The van der Waals surface area contributed by atoms with Crippen LogP contribution in [0.2, 0.25) is 0 Å². The van der Waals surface area contributed by atoms with Gasteiger partial charge in [-0.2, -0.15) is 0 Å². The predicted molar refractivity (Wildman–Crippen MR) is 39.2 cm³/mol. The lowest BCUT2D eigenvalue weighted by atomic mass is 10.4. The second-order valence-corrected chi connectivity index (χ2v) is 1.96. The van der Waals surface area contributed by atoms with E-state index in [1.165, 1.54) is 0 Å². The van der Waals surface area contributed by atoms with Gasteiger partial charge in [-0.25, -0.2) is 5.06 Å². The molecule has 0 amide bonds. The lowest BCUT2D eigenvalue weighted by Gasteiger charge is -2.11. The van der Waals surface area contributed by atoms with Crippen LogP contribution in [-0.2, 0) is 0 Å². The minimum atomic E-state index is 0.0595. The maximum absolute atomic E-state index is 9.00. The minimum Gasteiger partial charge on any atom is -0.287 e. The van der Waals surface area contributed by atoms with Crippen molar-refractivity contribution in [3.05, 3.63) is 24.5 Å². The Hall–Kier alpha value is -0.800. The summed E-state index contributed by atoms with van der Waals surface area (Å²) < 4.78 is 0. The number of rotatable bonds is 2. The smallest absolute Gasteiger partial charge is 0.119 e. The quantitative estimate of drug-likeness (QED) is 0.402. The summed E-state index contributed by atoms with van der Waals surface area (Å²) in [5, 5.41) is 9.94. The van der Waals surface area contributed by atoms with E-state index in [0.29, 0.717) is 5.69 Å². The Bertz CT molecular complexity index is 192. The molecule has 3 nitrogen and oxygen atoms in total. The molecule has 54 valence electrons. The van der Waals surface area contributed by atoms with Crippen molar-refractivity contribution >= 4 is 17.3 Å². The molecule has 10 heavy (non-hydrogen) atoms. The summed E-state index contributed by atoms with van der Waals surface area (Å²) >= 11 is 5.34. The van der Waals surface area contributed by atoms with Crippen LogP contribution in [0.25, 0.3) is 0 Å². The molecule has 1 N–H and O–H groups in total. The topological polar surface area (TPSA) is 36.4 Å². The highest BCUT2D eigenvalue weighted by atomic mass is 35.5. The van der Waals surface area contributed by atoms with Crippen molar-refractivity contribution in [1.29, 1.82) is 0 Å². The second-order valence-electron chi connectivity index (χ2n) is 1.72. The molecular formula is C6H7ClN2O. The van der Waals surface area contributed by atoms with Gasteiger partial charge in [-0.15, -0.1) is 11.6 Å². The number of nitrogens with zero attached hydrogens (tertiary/aromatic N) is 2. The van der Waals surface area contributed by atoms with E-state index in [2.05, 4.69) is 4.98 Å². The van der Waals surface area contributed by atoms with Crippen molar-refractivity contribution in [3.63, 3.8) is 0 Å². The van der Waals surface area contributed by atoms with Gasteiger partial charge in [0.1, 0.15) is 6.00 Å². The van der Waals surface area contributed by atoms with Crippen LogP contribution in [0.4, 0.5) is 5.69 Å². The van der Waals surface area contributed by atoms with Crippen LogP contribution < -0.4 is 5.06 Å². The first-order chi connectivity index (χ1) is 4.84. The Kier molecular flexibility index (Phi) is 2.48. The van der Waals surface area contributed by atoms with Crippen molar-refractivity contribution in [2.75, 3.05) is 11.1 Å². The molecule has 1 heterocycles. The van der Waals surface area contributed by atoms with E-state index in [1.54, 1.807) is 24.5 Å². The van der Waals surface area contributed by atoms with Gasteiger partial charge in [0.25, 0.3) is 0 Å². The second kappa shape index (κ2) is 3.39. The van der Waals surface area contributed by atoms with Crippen molar-refractivity contribution in [3.8, 4) is 0 Å². The van der Waals surface area contributed by atoms with Gasteiger partial charge in [-0.3, -0.25) is 10.2 Å². The van der Waals surface area contributed by atoms with Crippen molar-refractivity contribution in [1.82, 2.24) is 4.98 Å². The van der Waals surface area contributed by atoms with Crippen LogP contribution >= 0.6 is 11.6 Å². The molecule has 0 saturated heterocycles. The third-order valence-corrected chi connectivity index (χ3v) is 1.30. The van der Waals surface area contributed by atoms with Crippen LogP contribution in [-0.4, -0.2) is 16.2 Å². The summed E-state index contributed by atoms with van der Waals surface area (Å²) in [7, 11) is 0. The fourth-order valence-corrected chi connectivity index (χ4v) is 0.723. The van der Waals surface area contributed by atoms with Gasteiger partial charge in [0.15, 0.2) is 0 Å². The number of hydrogen-bond donors (Lipinski definition) is 1. The Morgan fingerprint density at radius 2 is 2.10 bits per heavy atom. The number of alkyl halides is 1. The lowest BCUT2D eigenvalue weighted by Crippen LogP contribution is -2.14. The maximum atomic E-state index is 9.00. The van der Waals surface area contributed by atoms with Crippen LogP contribution in [0.1, 0.15) is 0 Å². The lowest BCUT2D eigenvalue weighted by molar-refractivity contribution is 0.272. The summed E-state index contributed by atoms with van der Waals surface area (Å²) in [6.45, 7) is 0. The molecule has 1 rings (SSSR count). The van der Waals surface area contributed by atoms with Gasteiger partial charge in [0, 0.05) is 12.4 Å². The largest absolute Gasteiger partial charge is 0.287 e. The molecular weight excluding hydrogens is 152 g/mol. The molecule has 1 aromatic heterocycles. The van der Waals surface area contributed by atoms with E-state index < -0.39 is 0 Å². The zero-order valence-corrected chi connectivity index (χ0v) is 5.99. The summed E-state index contributed by atoms with van der Waals surface area (Å²) in [5.74, 6) is 0. The summed E-state index contributed by atoms with van der Waals surface area (Å²) in [6, 6.07) is 3.40. The number of halogens is 1. The van der Waals surface area contributed by atoms with E-state index in [9.17, 15) is 0 Å². The van der Waals surface area contributed by atoms with Gasteiger partial charge in [0.05, 0.1) is 5.69 Å². The third-order valence-electron chi connectivity index (χ3n) is 1.07. The van der Waals surface area contributed by atoms with Gasteiger partial charge < -0.3 is 0 Å². The van der Waals surface area contributed by atoms with E-state index in [0.717, 1.165) is 5.06 Å². The van der Waals surface area contributed by atoms with Gasteiger partial charge in [-0.1, -0.05) is 0 Å². The SMILES string of the molecule is ON(CCl)c1ccncc1. The number of aromatic nitrogens is 1. The number of pyridine rings is 1. The highest BCUT2D eigenvalue weighted by molar-refractivity contribution is 6.18. The number of anilines is 1. The fraction of sp³-hybridized carbons (Fsp3) is 0.167. The van der Waals surface area contributed by atoms with E-state index in [1.807, 2.05) is 0 Å². The normalized spacial score (nSPS) is 9.40. The molecule has 0 aliphatic carbocycles. The first-order valence-electron chi connectivity index (χ1n) is 2.77. The van der Waals surface area contributed by atoms with Crippen molar-refractivity contribution in [2.24, 2.45) is 0 Å². The molecule has 0 bridgehead atoms.